The van der Waals surface area contributed by atoms with Gasteiger partial charge in [-0.1, -0.05) is 19.8 Å². The van der Waals surface area contributed by atoms with E-state index in [1.54, 1.807) is 0 Å². The zero-order valence-corrected chi connectivity index (χ0v) is 15.6. The largest absolute Gasteiger partial charge is 0.382 e. The summed E-state index contributed by atoms with van der Waals surface area (Å²) < 4.78 is 5.51. The Labute approximate surface area is 141 Å². The quantitative estimate of drug-likeness (QED) is 0.286. The van der Waals surface area contributed by atoms with Crippen LogP contribution in [0.15, 0.2) is 4.99 Å². The Kier molecular flexibility index (Phi) is 10.6. The topological polar surface area (TPSA) is 59.6 Å². The molecule has 1 rings (SSSR count). The molecule has 0 radical (unpaired) electrons. The van der Waals surface area contributed by atoms with Crippen LogP contribution in [-0.2, 0) is 4.74 Å². The van der Waals surface area contributed by atoms with Gasteiger partial charge in [-0.3, -0.25) is 4.99 Å². The van der Waals surface area contributed by atoms with Gasteiger partial charge in [-0.05, 0) is 44.9 Å². The van der Waals surface area contributed by atoms with Crippen molar-refractivity contribution in [3.05, 3.63) is 0 Å². The first kappa shape index (κ1) is 20.0. The summed E-state index contributed by atoms with van der Waals surface area (Å²) in [6, 6.07) is 0.395. The minimum atomic E-state index is 0. The molecular formula is C15H32IN3O. The number of guanidine groups is 1. The highest BCUT2D eigenvalue weighted by Gasteiger charge is 2.33. The Bertz CT molecular complexity index is 278. The summed E-state index contributed by atoms with van der Waals surface area (Å²) in [7, 11) is 0. The van der Waals surface area contributed by atoms with E-state index in [9.17, 15) is 0 Å². The van der Waals surface area contributed by atoms with Crippen molar-refractivity contribution in [3.63, 3.8) is 0 Å². The molecule has 3 N–H and O–H groups in total. The van der Waals surface area contributed by atoms with E-state index in [1.807, 2.05) is 6.92 Å². The highest BCUT2D eigenvalue weighted by Crippen LogP contribution is 2.41. The van der Waals surface area contributed by atoms with E-state index in [4.69, 9.17) is 10.5 Å². The van der Waals surface area contributed by atoms with Gasteiger partial charge in [0.2, 0.25) is 0 Å². The van der Waals surface area contributed by atoms with Gasteiger partial charge in [0.05, 0.1) is 0 Å². The van der Waals surface area contributed by atoms with Crippen LogP contribution in [0.5, 0.6) is 0 Å². The summed E-state index contributed by atoms with van der Waals surface area (Å²) in [6.45, 7) is 8.82. The second-order valence-electron chi connectivity index (χ2n) is 5.81. The van der Waals surface area contributed by atoms with Crippen molar-refractivity contribution < 1.29 is 4.74 Å². The van der Waals surface area contributed by atoms with Crippen LogP contribution in [0.25, 0.3) is 0 Å². The Balaban J connectivity index is 0.00000361. The lowest BCUT2D eigenvalue weighted by atomic mass is 9.83. The summed E-state index contributed by atoms with van der Waals surface area (Å²) in [5.41, 5.74) is 6.28. The molecule has 1 unspecified atom stereocenters. The highest BCUT2D eigenvalue weighted by atomic mass is 127. The number of rotatable bonds is 8. The molecule has 0 amide bonds. The molecule has 1 saturated carbocycles. The van der Waals surface area contributed by atoms with Gasteiger partial charge in [0.1, 0.15) is 0 Å². The second-order valence-corrected chi connectivity index (χ2v) is 5.81. The third-order valence-corrected chi connectivity index (χ3v) is 4.24. The number of aliphatic imine (C=N–C) groups is 1. The van der Waals surface area contributed by atoms with Crippen LogP contribution >= 0.6 is 24.0 Å². The maximum atomic E-state index is 5.95. The molecule has 5 heteroatoms. The molecule has 4 nitrogen and oxygen atoms in total. The molecule has 1 aliphatic rings. The van der Waals surface area contributed by atoms with Crippen molar-refractivity contribution in [3.8, 4) is 0 Å². The summed E-state index contributed by atoms with van der Waals surface area (Å²) in [5, 5.41) is 3.23. The molecule has 0 bridgehead atoms. The average molecular weight is 397 g/mol. The molecule has 20 heavy (non-hydrogen) atoms. The summed E-state index contributed by atoms with van der Waals surface area (Å²) in [5.74, 6) is 0.594. The maximum absolute atomic E-state index is 5.95. The summed E-state index contributed by atoms with van der Waals surface area (Å²) >= 11 is 0. The zero-order chi connectivity index (χ0) is 14.1. The fraction of sp³-hybridized carbons (Fsp3) is 0.933. The zero-order valence-electron chi connectivity index (χ0n) is 13.3. The van der Waals surface area contributed by atoms with Gasteiger partial charge in [0.15, 0.2) is 5.96 Å². The molecule has 0 aromatic heterocycles. The Morgan fingerprint density at radius 3 is 2.55 bits per heavy atom. The van der Waals surface area contributed by atoms with Gasteiger partial charge in [0, 0.05) is 25.8 Å². The second kappa shape index (κ2) is 10.7. The molecule has 0 spiro atoms. The van der Waals surface area contributed by atoms with Gasteiger partial charge < -0.3 is 15.8 Å². The fourth-order valence-electron chi connectivity index (χ4n) is 2.70. The summed E-state index contributed by atoms with van der Waals surface area (Å²) in [6.07, 6.45) is 7.34. The van der Waals surface area contributed by atoms with Crippen molar-refractivity contribution in [2.24, 2.45) is 16.1 Å². The van der Waals surface area contributed by atoms with Gasteiger partial charge in [0.25, 0.3) is 0 Å². The van der Waals surface area contributed by atoms with Gasteiger partial charge in [-0.2, -0.15) is 0 Å². The predicted molar refractivity (Wildman–Crippen MR) is 96.8 cm³/mol. The van der Waals surface area contributed by atoms with Crippen molar-refractivity contribution in [1.29, 1.82) is 0 Å². The molecule has 0 aliphatic heterocycles. The van der Waals surface area contributed by atoms with Crippen LogP contribution in [0.3, 0.4) is 0 Å². The van der Waals surface area contributed by atoms with E-state index < -0.39 is 0 Å². The number of hydrogen-bond donors (Lipinski definition) is 2. The number of ether oxygens (including phenoxy) is 1. The molecule has 0 saturated heterocycles. The van der Waals surface area contributed by atoms with Gasteiger partial charge >= 0.3 is 0 Å². The minimum absolute atomic E-state index is 0. The van der Waals surface area contributed by atoms with Crippen molar-refractivity contribution in [2.45, 2.75) is 65.3 Å². The third kappa shape index (κ3) is 7.11. The first-order valence-electron chi connectivity index (χ1n) is 7.76. The molecule has 0 aromatic rings. The average Bonchev–Trinajstić information content (AvgIpc) is 2.86. The maximum Gasteiger partial charge on any atom is 0.188 e. The van der Waals surface area contributed by atoms with Crippen LogP contribution in [0.2, 0.25) is 0 Å². The van der Waals surface area contributed by atoms with Crippen LogP contribution in [0.4, 0.5) is 0 Å². The van der Waals surface area contributed by atoms with E-state index in [0.29, 0.717) is 17.4 Å². The van der Waals surface area contributed by atoms with Gasteiger partial charge in [-0.25, -0.2) is 0 Å². The molecule has 1 aliphatic carbocycles. The molecular weight excluding hydrogens is 365 g/mol. The van der Waals surface area contributed by atoms with E-state index in [1.165, 1.54) is 25.7 Å². The first-order chi connectivity index (χ1) is 9.12. The number of hydrogen-bond acceptors (Lipinski definition) is 2. The minimum Gasteiger partial charge on any atom is -0.382 e. The summed E-state index contributed by atoms with van der Waals surface area (Å²) in [4.78, 5) is 4.57. The van der Waals surface area contributed by atoms with E-state index in [0.717, 1.165) is 32.6 Å². The van der Waals surface area contributed by atoms with Crippen molar-refractivity contribution >= 4 is 29.9 Å². The monoisotopic (exact) mass is 397 g/mol. The normalized spacial score (nSPS) is 19.4. The Hall–Kier alpha value is -0.0400. The molecule has 0 aromatic carbocycles. The molecule has 1 fully saturated rings. The van der Waals surface area contributed by atoms with Gasteiger partial charge in [-0.15, -0.1) is 24.0 Å². The fourth-order valence-corrected chi connectivity index (χ4v) is 2.70. The van der Waals surface area contributed by atoms with E-state index >= 15 is 0 Å². The smallest absolute Gasteiger partial charge is 0.188 e. The standard InChI is InChI=1S/C15H31N3O.HI/c1-4-13(3)18-14(16)17-12-15(8-6-7-9-15)10-11-19-5-2;/h13H,4-12H2,1-3H3,(H3,16,17,18);1H. The third-order valence-electron chi connectivity index (χ3n) is 4.24. The first-order valence-corrected chi connectivity index (χ1v) is 7.76. The van der Waals surface area contributed by atoms with Crippen LogP contribution in [0.1, 0.15) is 59.3 Å². The number of nitrogens with one attached hydrogen (secondary N) is 1. The predicted octanol–water partition coefficient (Wildman–Crippen LogP) is 3.29. The lowest BCUT2D eigenvalue weighted by molar-refractivity contribution is 0.107. The van der Waals surface area contributed by atoms with E-state index in [2.05, 4.69) is 24.2 Å². The lowest BCUT2D eigenvalue weighted by Gasteiger charge is -2.27. The van der Waals surface area contributed by atoms with Crippen LogP contribution in [0, 0.1) is 5.41 Å². The number of halogens is 1. The van der Waals surface area contributed by atoms with Crippen LogP contribution in [-0.4, -0.2) is 31.8 Å². The molecule has 0 heterocycles. The highest BCUT2D eigenvalue weighted by molar-refractivity contribution is 14.0. The number of nitrogens with zero attached hydrogens (tertiary/aromatic N) is 1. The van der Waals surface area contributed by atoms with E-state index in [-0.39, 0.29) is 24.0 Å². The Morgan fingerprint density at radius 1 is 1.35 bits per heavy atom. The van der Waals surface area contributed by atoms with Crippen LogP contribution < -0.4 is 11.1 Å². The lowest BCUT2D eigenvalue weighted by Crippen LogP contribution is -2.39. The van der Waals surface area contributed by atoms with Crippen molar-refractivity contribution in [2.75, 3.05) is 19.8 Å². The SMILES string of the molecule is CCOCCC1(CN=C(N)NC(C)CC)CCCC1.I. The molecule has 120 valence electrons. The molecule has 1 atom stereocenters. The number of nitrogens with two attached hydrogens (primary N) is 1. The Morgan fingerprint density at radius 2 is 2.00 bits per heavy atom. The van der Waals surface area contributed by atoms with Crippen molar-refractivity contribution in [1.82, 2.24) is 5.32 Å².